The number of hydrogen-bond acceptors (Lipinski definition) is 3. The highest BCUT2D eigenvalue weighted by Gasteiger charge is 2.28. The fourth-order valence-corrected chi connectivity index (χ4v) is 2.70. The lowest BCUT2D eigenvalue weighted by Gasteiger charge is -2.34. The number of nitrogens with zero attached hydrogens (tertiary/aromatic N) is 1. The highest BCUT2D eigenvalue weighted by molar-refractivity contribution is 6.03. The zero-order chi connectivity index (χ0) is 16.9. The summed E-state index contributed by atoms with van der Waals surface area (Å²) in [6, 6.07) is 14.8. The minimum Gasteiger partial charge on any atom is -0.494 e. The fraction of sp³-hybridized carbons (Fsp3) is 0.316. The lowest BCUT2D eigenvalue weighted by atomic mass is 10.1. The molecule has 1 aliphatic heterocycles. The summed E-state index contributed by atoms with van der Waals surface area (Å²) in [7, 11) is 0. The Morgan fingerprint density at radius 3 is 2.67 bits per heavy atom. The number of amides is 2. The molecule has 1 atom stereocenters. The maximum atomic E-state index is 12.7. The predicted octanol–water partition coefficient (Wildman–Crippen LogP) is 4.29. The Hall–Kier alpha value is -2.69. The average Bonchev–Trinajstić information content (AvgIpc) is 2.62. The van der Waals surface area contributed by atoms with Crippen LogP contribution >= 0.6 is 0 Å². The van der Waals surface area contributed by atoms with Crippen LogP contribution in [0.5, 0.6) is 11.5 Å². The SMILES string of the molecule is CCOc1ccc(NC(=O)N2C[C@@H](CC)Oc3ccccc32)cc1. The van der Waals surface area contributed by atoms with Crippen molar-refractivity contribution in [1.29, 1.82) is 0 Å². The number of urea groups is 1. The van der Waals surface area contributed by atoms with E-state index < -0.39 is 0 Å². The molecule has 126 valence electrons. The molecule has 1 N–H and O–H groups in total. The average molecular weight is 326 g/mol. The van der Waals surface area contributed by atoms with Crippen LogP contribution in [0, 0.1) is 0 Å². The standard InChI is InChI=1S/C19H22N2O3/c1-3-15-13-21(17-7-5-6-8-18(17)24-15)19(22)20-14-9-11-16(12-10-14)23-4-2/h5-12,15H,3-4,13H2,1-2H3,(H,20,22)/t15-/m1/s1. The third kappa shape index (κ3) is 3.45. The summed E-state index contributed by atoms with van der Waals surface area (Å²) in [5, 5.41) is 2.94. The topological polar surface area (TPSA) is 50.8 Å². The van der Waals surface area contributed by atoms with E-state index >= 15 is 0 Å². The molecule has 2 aromatic rings. The van der Waals surface area contributed by atoms with Crippen LogP contribution in [0.15, 0.2) is 48.5 Å². The van der Waals surface area contributed by atoms with Gasteiger partial charge in [-0.25, -0.2) is 4.79 Å². The number of ether oxygens (including phenoxy) is 2. The molecule has 0 spiro atoms. The first-order chi connectivity index (χ1) is 11.7. The van der Waals surface area contributed by atoms with E-state index in [0.29, 0.717) is 13.2 Å². The van der Waals surface area contributed by atoms with Gasteiger partial charge in [-0.1, -0.05) is 19.1 Å². The van der Waals surface area contributed by atoms with Crippen molar-refractivity contribution in [2.24, 2.45) is 0 Å². The van der Waals surface area contributed by atoms with Crippen molar-refractivity contribution in [2.75, 3.05) is 23.4 Å². The first-order valence-electron chi connectivity index (χ1n) is 8.28. The van der Waals surface area contributed by atoms with E-state index in [2.05, 4.69) is 12.2 Å². The molecule has 0 saturated carbocycles. The molecule has 0 fully saturated rings. The summed E-state index contributed by atoms with van der Waals surface area (Å²) >= 11 is 0. The third-order valence-corrected chi connectivity index (χ3v) is 3.95. The van der Waals surface area contributed by atoms with Gasteiger partial charge in [0.25, 0.3) is 0 Å². The lowest BCUT2D eigenvalue weighted by molar-refractivity contribution is 0.188. The Morgan fingerprint density at radius 1 is 1.21 bits per heavy atom. The van der Waals surface area contributed by atoms with E-state index in [0.717, 1.165) is 29.3 Å². The van der Waals surface area contributed by atoms with Gasteiger partial charge in [0.2, 0.25) is 0 Å². The second-order valence-electron chi connectivity index (χ2n) is 5.61. The highest BCUT2D eigenvalue weighted by Crippen LogP contribution is 2.34. The van der Waals surface area contributed by atoms with E-state index in [1.165, 1.54) is 0 Å². The molecule has 0 unspecified atom stereocenters. The molecule has 3 rings (SSSR count). The van der Waals surface area contributed by atoms with E-state index in [-0.39, 0.29) is 12.1 Å². The molecule has 5 nitrogen and oxygen atoms in total. The van der Waals surface area contributed by atoms with Crippen LogP contribution in [-0.4, -0.2) is 25.3 Å². The summed E-state index contributed by atoms with van der Waals surface area (Å²) in [5.74, 6) is 1.54. The van der Waals surface area contributed by atoms with E-state index in [1.54, 1.807) is 4.90 Å². The molecule has 1 aliphatic rings. The van der Waals surface area contributed by atoms with Gasteiger partial charge in [-0.2, -0.15) is 0 Å². The Labute approximate surface area is 142 Å². The number of benzene rings is 2. The number of nitrogens with one attached hydrogen (secondary N) is 1. The minimum atomic E-state index is -0.159. The number of hydrogen-bond donors (Lipinski definition) is 1. The zero-order valence-corrected chi connectivity index (χ0v) is 14.0. The number of carbonyl (C=O) groups is 1. The van der Waals surface area contributed by atoms with Crippen molar-refractivity contribution in [1.82, 2.24) is 0 Å². The number of rotatable bonds is 4. The van der Waals surface area contributed by atoms with Gasteiger partial charge in [-0.05, 0) is 49.7 Å². The number of anilines is 2. The molecule has 2 aromatic carbocycles. The molecule has 0 aliphatic carbocycles. The first-order valence-corrected chi connectivity index (χ1v) is 8.28. The second kappa shape index (κ2) is 7.25. The van der Waals surface area contributed by atoms with Gasteiger partial charge >= 0.3 is 6.03 Å². The maximum Gasteiger partial charge on any atom is 0.326 e. The Bertz CT molecular complexity index is 700. The zero-order valence-electron chi connectivity index (χ0n) is 14.0. The smallest absolute Gasteiger partial charge is 0.326 e. The van der Waals surface area contributed by atoms with Gasteiger partial charge in [-0.3, -0.25) is 4.90 Å². The van der Waals surface area contributed by atoms with Gasteiger partial charge < -0.3 is 14.8 Å². The van der Waals surface area contributed by atoms with Crippen LogP contribution in [0.1, 0.15) is 20.3 Å². The van der Waals surface area contributed by atoms with Crippen LogP contribution in [0.25, 0.3) is 0 Å². The van der Waals surface area contributed by atoms with Crippen molar-refractivity contribution in [3.8, 4) is 11.5 Å². The predicted molar refractivity (Wildman–Crippen MR) is 95.1 cm³/mol. The first kappa shape index (κ1) is 16.2. The van der Waals surface area contributed by atoms with Crippen LogP contribution < -0.4 is 19.7 Å². The number of carbonyl (C=O) groups excluding carboxylic acids is 1. The molecule has 5 heteroatoms. The summed E-state index contributed by atoms with van der Waals surface area (Å²) in [6.07, 6.45) is 0.854. The molecule has 24 heavy (non-hydrogen) atoms. The molecule has 0 radical (unpaired) electrons. The third-order valence-electron chi connectivity index (χ3n) is 3.95. The maximum absolute atomic E-state index is 12.7. The van der Waals surface area contributed by atoms with E-state index in [9.17, 15) is 4.79 Å². The van der Waals surface area contributed by atoms with Crippen LogP contribution in [0.2, 0.25) is 0 Å². The van der Waals surface area contributed by atoms with Crippen molar-refractivity contribution in [2.45, 2.75) is 26.4 Å². The highest BCUT2D eigenvalue weighted by atomic mass is 16.5. The second-order valence-corrected chi connectivity index (χ2v) is 5.61. The van der Waals surface area contributed by atoms with Crippen LogP contribution in [0.4, 0.5) is 16.2 Å². The molecule has 1 heterocycles. The molecule has 0 bridgehead atoms. The largest absolute Gasteiger partial charge is 0.494 e. The Balaban J connectivity index is 1.76. The van der Waals surface area contributed by atoms with Gasteiger partial charge in [0, 0.05) is 5.69 Å². The normalized spacial score (nSPS) is 16.1. The fourth-order valence-electron chi connectivity index (χ4n) is 2.70. The van der Waals surface area contributed by atoms with Gasteiger partial charge in [-0.15, -0.1) is 0 Å². The van der Waals surface area contributed by atoms with Crippen LogP contribution in [-0.2, 0) is 0 Å². The lowest BCUT2D eigenvalue weighted by Crippen LogP contribution is -2.45. The monoisotopic (exact) mass is 326 g/mol. The van der Waals surface area contributed by atoms with E-state index in [4.69, 9.17) is 9.47 Å². The summed E-state index contributed by atoms with van der Waals surface area (Å²) in [5.41, 5.74) is 1.53. The summed E-state index contributed by atoms with van der Waals surface area (Å²) < 4.78 is 11.3. The molecular weight excluding hydrogens is 304 g/mol. The van der Waals surface area contributed by atoms with Crippen molar-refractivity contribution < 1.29 is 14.3 Å². The molecular formula is C19H22N2O3. The van der Waals surface area contributed by atoms with Crippen molar-refractivity contribution in [3.05, 3.63) is 48.5 Å². The Morgan fingerprint density at radius 2 is 1.96 bits per heavy atom. The van der Waals surface area contributed by atoms with Crippen LogP contribution in [0.3, 0.4) is 0 Å². The molecule has 0 aromatic heterocycles. The molecule has 0 saturated heterocycles. The Kier molecular flexibility index (Phi) is 4.89. The van der Waals surface area contributed by atoms with Crippen molar-refractivity contribution >= 4 is 17.4 Å². The molecule has 2 amide bonds. The summed E-state index contributed by atoms with van der Waals surface area (Å²) in [6.45, 7) is 5.15. The van der Waals surface area contributed by atoms with Crippen molar-refractivity contribution in [3.63, 3.8) is 0 Å². The quantitative estimate of drug-likeness (QED) is 0.911. The number of fused-ring (bicyclic) bond motifs is 1. The summed E-state index contributed by atoms with van der Waals surface area (Å²) in [4.78, 5) is 14.5. The minimum absolute atomic E-state index is 0.00554. The van der Waals surface area contributed by atoms with Gasteiger partial charge in [0.15, 0.2) is 0 Å². The van der Waals surface area contributed by atoms with E-state index in [1.807, 2.05) is 55.5 Å². The van der Waals surface area contributed by atoms with Gasteiger partial charge in [0.05, 0.1) is 18.8 Å². The van der Waals surface area contributed by atoms with Gasteiger partial charge in [0.1, 0.15) is 17.6 Å². The number of para-hydroxylation sites is 2.